The van der Waals surface area contributed by atoms with E-state index in [0.29, 0.717) is 5.75 Å². The number of aromatic nitrogens is 2. The molecule has 146 valence electrons. The molecule has 1 amide bonds. The van der Waals surface area contributed by atoms with Gasteiger partial charge >= 0.3 is 0 Å². The largest absolute Gasteiger partial charge is 0.496 e. The lowest BCUT2D eigenvalue weighted by Crippen LogP contribution is -2.28. The van der Waals surface area contributed by atoms with E-state index in [9.17, 15) is 4.79 Å². The van der Waals surface area contributed by atoms with E-state index < -0.39 is 0 Å². The number of aryl methyl sites for hydroxylation is 2. The van der Waals surface area contributed by atoms with Crippen molar-refractivity contribution in [3.8, 4) is 11.4 Å². The number of hydrogen-bond donors (Lipinski definition) is 1. The van der Waals surface area contributed by atoms with Crippen molar-refractivity contribution in [2.45, 2.75) is 32.0 Å². The highest BCUT2D eigenvalue weighted by Gasteiger charge is 2.16. The van der Waals surface area contributed by atoms with Crippen molar-refractivity contribution in [2.24, 2.45) is 0 Å². The maximum absolute atomic E-state index is 12.5. The van der Waals surface area contributed by atoms with Crippen LogP contribution in [0.15, 0.2) is 60.0 Å². The number of amides is 1. The number of nitrogens with one attached hydrogen (secondary N) is 1. The second-order valence-corrected chi connectivity index (χ2v) is 7.63. The lowest BCUT2D eigenvalue weighted by molar-refractivity contribution is -0.119. The summed E-state index contributed by atoms with van der Waals surface area (Å²) < 4.78 is 7.44. The smallest absolute Gasteiger partial charge is 0.230 e. The number of nitrogens with zero attached hydrogens (tertiary/aromatic N) is 2. The van der Waals surface area contributed by atoms with Gasteiger partial charge in [0.2, 0.25) is 5.91 Å². The van der Waals surface area contributed by atoms with Crippen LogP contribution in [0.5, 0.6) is 5.75 Å². The van der Waals surface area contributed by atoms with Crippen LogP contribution in [-0.4, -0.2) is 28.3 Å². The first kappa shape index (κ1) is 20.0. The van der Waals surface area contributed by atoms with Gasteiger partial charge in [0.1, 0.15) is 5.75 Å². The Bertz CT molecular complexity index is 968. The van der Waals surface area contributed by atoms with Crippen molar-refractivity contribution >= 4 is 17.7 Å². The first-order chi connectivity index (χ1) is 13.5. The summed E-state index contributed by atoms with van der Waals surface area (Å²) in [5.41, 5.74) is 4.33. The average molecular weight is 396 g/mol. The summed E-state index contributed by atoms with van der Waals surface area (Å²) in [6.45, 7) is 6.06. The number of carbonyl (C=O) groups excluding carboxylic acids is 1. The molecule has 1 heterocycles. The predicted octanol–water partition coefficient (Wildman–Crippen LogP) is 4.47. The predicted molar refractivity (Wildman–Crippen MR) is 113 cm³/mol. The van der Waals surface area contributed by atoms with Gasteiger partial charge in [0.15, 0.2) is 5.16 Å². The molecule has 0 fully saturated rings. The van der Waals surface area contributed by atoms with Crippen LogP contribution >= 0.6 is 11.8 Å². The number of para-hydroxylation sites is 1. The van der Waals surface area contributed by atoms with E-state index in [0.717, 1.165) is 33.3 Å². The van der Waals surface area contributed by atoms with Gasteiger partial charge < -0.3 is 10.1 Å². The molecular formula is C22H25N3O2S. The summed E-state index contributed by atoms with van der Waals surface area (Å²) >= 11 is 1.42. The first-order valence-corrected chi connectivity index (χ1v) is 10.1. The topological polar surface area (TPSA) is 56.1 Å². The number of hydrogen-bond acceptors (Lipinski definition) is 4. The molecule has 0 aliphatic rings. The van der Waals surface area contributed by atoms with Gasteiger partial charge in [-0.25, -0.2) is 4.98 Å². The van der Waals surface area contributed by atoms with E-state index in [2.05, 4.69) is 23.3 Å². The minimum absolute atomic E-state index is 0.0413. The Hall–Kier alpha value is -2.73. The molecule has 0 unspecified atom stereocenters. The molecule has 0 aliphatic carbocycles. The lowest BCUT2D eigenvalue weighted by Gasteiger charge is -2.18. The summed E-state index contributed by atoms with van der Waals surface area (Å²) in [5.74, 6) is 1.03. The van der Waals surface area contributed by atoms with Crippen molar-refractivity contribution in [3.05, 3.63) is 71.5 Å². The van der Waals surface area contributed by atoms with Gasteiger partial charge in [-0.15, -0.1) is 0 Å². The van der Waals surface area contributed by atoms with Gasteiger partial charge in [-0.1, -0.05) is 47.7 Å². The molecule has 0 saturated carbocycles. The third kappa shape index (κ3) is 4.57. The quantitative estimate of drug-likeness (QED) is 0.600. The minimum atomic E-state index is -0.140. The Kier molecular flexibility index (Phi) is 6.41. The molecule has 0 spiro atoms. The molecule has 1 atom stereocenters. The number of carbonyl (C=O) groups is 1. The third-order valence-corrected chi connectivity index (χ3v) is 5.51. The zero-order chi connectivity index (χ0) is 20.1. The molecule has 0 radical (unpaired) electrons. The van der Waals surface area contributed by atoms with E-state index in [1.54, 1.807) is 13.3 Å². The van der Waals surface area contributed by atoms with Gasteiger partial charge in [0, 0.05) is 18.0 Å². The summed E-state index contributed by atoms with van der Waals surface area (Å²) in [6, 6.07) is 14.0. The molecule has 2 aromatic carbocycles. The van der Waals surface area contributed by atoms with Crippen molar-refractivity contribution in [1.29, 1.82) is 0 Å². The van der Waals surface area contributed by atoms with Gasteiger partial charge in [-0.2, -0.15) is 0 Å². The molecule has 6 heteroatoms. The fourth-order valence-electron chi connectivity index (χ4n) is 3.10. The third-order valence-electron chi connectivity index (χ3n) is 4.54. The fourth-order valence-corrected chi connectivity index (χ4v) is 3.87. The number of rotatable bonds is 7. The Morgan fingerprint density at radius 2 is 2.04 bits per heavy atom. The molecule has 1 N–H and O–H groups in total. The lowest BCUT2D eigenvalue weighted by atomic mass is 10.0. The molecule has 3 rings (SSSR count). The van der Waals surface area contributed by atoms with Gasteiger partial charge in [-0.05, 0) is 38.5 Å². The van der Waals surface area contributed by atoms with Crippen molar-refractivity contribution < 1.29 is 9.53 Å². The number of ether oxygens (including phenoxy) is 1. The Morgan fingerprint density at radius 3 is 2.79 bits per heavy atom. The Labute approximate surface area is 170 Å². The highest BCUT2D eigenvalue weighted by molar-refractivity contribution is 7.99. The van der Waals surface area contributed by atoms with Crippen LogP contribution in [0.3, 0.4) is 0 Å². The zero-order valence-corrected chi connectivity index (χ0v) is 17.4. The summed E-state index contributed by atoms with van der Waals surface area (Å²) in [4.78, 5) is 16.9. The second kappa shape index (κ2) is 8.97. The fraction of sp³-hybridized carbons (Fsp3) is 0.273. The highest BCUT2D eigenvalue weighted by atomic mass is 32.2. The number of imidazole rings is 1. The summed E-state index contributed by atoms with van der Waals surface area (Å²) in [7, 11) is 1.64. The minimum Gasteiger partial charge on any atom is -0.496 e. The zero-order valence-electron chi connectivity index (χ0n) is 16.6. The molecule has 5 nitrogen and oxygen atoms in total. The van der Waals surface area contributed by atoms with Crippen LogP contribution in [0, 0.1) is 13.8 Å². The molecule has 0 aliphatic heterocycles. The number of thioether (sulfide) groups is 1. The average Bonchev–Trinajstić information content (AvgIpc) is 3.15. The van der Waals surface area contributed by atoms with Gasteiger partial charge in [0.05, 0.1) is 24.6 Å². The van der Waals surface area contributed by atoms with Crippen LogP contribution in [0.1, 0.15) is 29.7 Å². The van der Waals surface area contributed by atoms with Crippen molar-refractivity contribution in [3.63, 3.8) is 0 Å². The second-order valence-electron chi connectivity index (χ2n) is 6.69. The van der Waals surface area contributed by atoms with Crippen LogP contribution < -0.4 is 10.1 Å². The maximum atomic E-state index is 12.5. The summed E-state index contributed by atoms with van der Waals surface area (Å²) in [5, 5.41) is 3.85. The normalized spacial score (nSPS) is 11.9. The molecule has 0 bridgehead atoms. The van der Waals surface area contributed by atoms with Crippen LogP contribution in [0.4, 0.5) is 0 Å². The monoisotopic (exact) mass is 395 g/mol. The highest BCUT2D eigenvalue weighted by Crippen LogP contribution is 2.27. The van der Waals surface area contributed by atoms with E-state index in [1.165, 1.54) is 11.8 Å². The standard InChI is InChI=1S/C22H25N3O2S/c1-15-9-10-20(27-4)18(13-15)17(3)24-21(26)14-28-22-23-11-12-25(22)19-8-6-5-7-16(19)2/h5-13,17H,14H2,1-4H3,(H,24,26)/t17-/m0/s1. The molecule has 28 heavy (non-hydrogen) atoms. The maximum Gasteiger partial charge on any atom is 0.230 e. The molecule has 3 aromatic rings. The van der Waals surface area contributed by atoms with E-state index in [1.807, 2.05) is 61.0 Å². The molecule has 0 saturated heterocycles. The number of methoxy groups -OCH3 is 1. The SMILES string of the molecule is COc1ccc(C)cc1[C@H](C)NC(=O)CSc1nccn1-c1ccccc1C. The van der Waals surface area contributed by atoms with E-state index >= 15 is 0 Å². The Balaban J connectivity index is 1.65. The number of benzene rings is 2. The summed E-state index contributed by atoms with van der Waals surface area (Å²) in [6.07, 6.45) is 3.68. The van der Waals surface area contributed by atoms with Gasteiger partial charge in [-0.3, -0.25) is 9.36 Å². The Morgan fingerprint density at radius 1 is 1.25 bits per heavy atom. The van der Waals surface area contributed by atoms with Gasteiger partial charge in [0.25, 0.3) is 0 Å². The van der Waals surface area contributed by atoms with Crippen LogP contribution in [-0.2, 0) is 4.79 Å². The van der Waals surface area contributed by atoms with E-state index in [-0.39, 0.29) is 11.9 Å². The van der Waals surface area contributed by atoms with Crippen molar-refractivity contribution in [2.75, 3.05) is 12.9 Å². The molecule has 1 aromatic heterocycles. The van der Waals surface area contributed by atoms with Crippen LogP contribution in [0.2, 0.25) is 0 Å². The van der Waals surface area contributed by atoms with Crippen LogP contribution in [0.25, 0.3) is 5.69 Å². The van der Waals surface area contributed by atoms with E-state index in [4.69, 9.17) is 4.74 Å². The molecular weight excluding hydrogens is 370 g/mol. The van der Waals surface area contributed by atoms with Crippen molar-refractivity contribution in [1.82, 2.24) is 14.9 Å². The first-order valence-electron chi connectivity index (χ1n) is 9.15.